The maximum absolute atomic E-state index is 12.6. The smallest absolute Gasteiger partial charge is 0.275 e. The molecular formula is C17H18N4O2S. The van der Waals surface area contributed by atoms with Crippen LogP contribution in [0.4, 0.5) is 5.69 Å². The zero-order chi connectivity index (χ0) is 17.1. The van der Waals surface area contributed by atoms with Crippen LogP contribution in [-0.4, -0.2) is 44.4 Å². The number of carbonyl (C=O) groups excluding carboxylic acids is 2. The molecule has 1 atom stereocenters. The third kappa shape index (κ3) is 3.41. The van der Waals surface area contributed by atoms with Gasteiger partial charge in [0.25, 0.3) is 5.91 Å². The molecule has 24 heavy (non-hydrogen) atoms. The van der Waals surface area contributed by atoms with Crippen molar-refractivity contribution in [3.63, 3.8) is 0 Å². The second-order valence-electron chi connectivity index (χ2n) is 5.69. The molecule has 1 N–H and O–H groups in total. The van der Waals surface area contributed by atoms with Crippen LogP contribution in [0.25, 0.3) is 0 Å². The van der Waals surface area contributed by atoms with Crippen molar-refractivity contribution < 1.29 is 9.59 Å². The van der Waals surface area contributed by atoms with Crippen LogP contribution in [0.1, 0.15) is 21.6 Å². The fourth-order valence-electron chi connectivity index (χ4n) is 2.59. The SMILES string of the molecule is Cc1ccc(NC(=O)C2CSCN2C(=O)c2cnccn2)c(C)c1. The van der Waals surface area contributed by atoms with Crippen LogP contribution >= 0.6 is 11.8 Å². The molecule has 0 bridgehead atoms. The summed E-state index contributed by atoms with van der Waals surface area (Å²) in [7, 11) is 0. The summed E-state index contributed by atoms with van der Waals surface area (Å²) in [6.07, 6.45) is 4.41. The van der Waals surface area contributed by atoms with Crippen molar-refractivity contribution in [2.75, 3.05) is 16.9 Å². The molecule has 1 aliphatic heterocycles. The van der Waals surface area contributed by atoms with E-state index in [1.807, 2.05) is 32.0 Å². The minimum Gasteiger partial charge on any atom is -0.324 e. The van der Waals surface area contributed by atoms with Gasteiger partial charge in [-0.25, -0.2) is 4.98 Å². The van der Waals surface area contributed by atoms with Gasteiger partial charge in [-0.3, -0.25) is 14.6 Å². The molecule has 6 nitrogen and oxygen atoms in total. The minimum absolute atomic E-state index is 0.177. The second-order valence-corrected chi connectivity index (χ2v) is 6.69. The molecule has 1 aromatic heterocycles. The predicted molar refractivity (Wildman–Crippen MR) is 93.9 cm³/mol. The van der Waals surface area contributed by atoms with Crippen molar-refractivity contribution in [1.29, 1.82) is 0 Å². The monoisotopic (exact) mass is 342 g/mol. The van der Waals surface area contributed by atoms with Crippen molar-refractivity contribution in [3.05, 3.63) is 53.6 Å². The number of carbonyl (C=O) groups is 2. The van der Waals surface area contributed by atoms with Crippen LogP contribution < -0.4 is 5.32 Å². The van der Waals surface area contributed by atoms with Crippen LogP contribution in [-0.2, 0) is 4.79 Å². The van der Waals surface area contributed by atoms with Crippen LogP contribution in [0.5, 0.6) is 0 Å². The zero-order valence-corrected chi connectivity index (χ0v) is 14.3. The third-order valence-electron chi connectivity index (χ3n) is 3.87. The summed E-state index contributed by atoms with van der Waals surface area (Å²) < 4.78 is 0. The number of benzene rings is 1. The highest BCUT2D eigenvalue weighted by Crippen LogP contribution is 2.24. The molecule has 2 heterocycles. The van der Waals surface area contributed by atoms with E-state index in [-0.39, 0.29) is 17.5 Å². The Bertz CT molecular complexity index is 766. The summed E-state index contributed by atoms with van der Waals surface area (Å²) in [6.45, 7) is 3.96. The second kappa shape index (κ2) is 7.00. The van der Waals surface area contributed by atoms with Crippen LogP contribution in [0.2, 0.25) is 0 Å². The lowest BCUT2D eigenvalue weighted by molar-refractivity contribution is -0.119. The van der Waals surface area contributed by atoms with E-state index < -0.39 is 6.04 Å². The largest absolute Gasteiger partial charge is 0.324 e. The lowest BCUT2D eigenvalue weighted by atomic mass is 10.1. The van der Waals surface area contributed by atoms with E-state index in [1.54, 1.807) is 16.7 Å². The molecule has 1 unspecified atom stereocenters. The van der Waals surface area contributed by atoms with E-state index >= 15 is 0 Å². The van der Waals surface area contributed by atoms with E-state index in [0.717, 1.165) is 16.8 Å². The zero-order valence-electron chi connectivity index (χ0n) is 13.5. The van der Waals surface area contributed by atoms with Gasteiger partial charge in [-0.05, 0) is 25.5 Å². The number of nitrogens with one attached hydrogen (secondary N) is 1. The Labute approximate surface area is 144 Å². The molecule has 0 aliphatic carbocycles. The molecule has 0 spiro atoms. The molecule has 7 heteroatoms. The van der Waals surface area contributed by atoms with Gasteiger partial charge >= 0.3 is 0 Å². The number of hydrogen-bond donors (Lipinski definition) is 1. The van der Waals surface area contributed by atoms with Crippen LogP contribution in [0.3, 0.4) is 0 Å². The summed E-state index contributed by atoms with van der Waals surface area (Å²) in [6, 6.07) is 5.35. The van der Waals surface area contributed by atoms with Crippen molar-refractivity contribution in [3.8, 4) is 0 Å². The number of nitrogens with zero attached hydrogens (tertiary/aromatic N) is 3. The van der Waals surface area contributed by atoms with Gasteiger partial charge in [0.05, 0.1) is 12.1 Å². The van der Waals surface area contributed by atoms with Gasteiger partial charge in [-0.15, -0.1) is 11.8 Å². The number of rotatable bonds is 3. The summed E-state index contributed by atoms with van der Waals surface area (Å²) in [5, 5.41) is 2.93. The average molecular weight is 342 g/mol. The van der Waals surface area contributed by atoms with Gasteiger partial charge in [-0.1, -0.05) is 17.7 Å². The first-order chi connectivity index (χ1) is 11.6. The first kappa shape index (κ1) is 16.4. The quantitative estimate of drug-likeness (QED) is 0.926. The molecule has 1 aromatic carbocycles. The first-order valence-electron chi connectivity index (χ1n) is 7.59. The lowest BCUT2D eigenvalue weighted by Gasteiger charge is -2.23. The molecule has 2 amide bonds. The standard InChI is InChI=1S/C17H18N4O2S/c1-11-3-4-13(12(2)7-11)20-16(22)15-9-24-10-21(15)17(23)14-8-18-5-6-19-14/h3-8,15H,9-10H2,1-2H3,(H,20,22). The highest BCUT2D eigenvalue weighted by atomic mass is 32.2. The molecule has 2 aromatic rings. The summed E-state index contributed by atoms with van der Waals surface area (Å²) >= 11 is 1.55. The molecule has 1 aliphatic rings. The van der Waals surface area contributed by atoms with E-state index in [4.69, 9.17) is 0 Å². The van der Waals surface area contributed by atoms with E-state index in [2.05, 4.69) is 15.3 Å². The van der Waals surface area contributed by atoms with E-state index in [1.165, 1.54) is 18.6 Å². The summed E-state index contributed by atoms with van der Waals surface area (Å²) in [5.41, 5.74) is 3.17. The number of anilines is 1. The lowest BCUT2D eigenvalue weighted by Crippen LogP contribution is -2.44. The van der Waals surface area contributed by atoms with Gasteiger partial charge in [0.2, 0.25) is 5.91 Å². The Kier molecular flexibility index (Phi) is 4.80. The molecule has 124 valence electrons. The van der Waals surface area contributed by atoms with Gasteiger partial charge in [0.15, 0.2) is 0 Å². The van der Waals surface area contributed by atoms with E-state index in [9.17, 15) is 9.59 Å². The minimum atomic E-state index is -0.509. The highest BCUT2D eigenvalue weighted by molar-refractivity contribution is 7.99. The Morgan fingerprint density at radius 1 is 1.29 bits per heavy atom. The van der Waals surface area contributed by atoms with Crippen molar-refractivity contribution in [2.45, 2.75) is 19.9 Å². The molecular weight excluding hydrogens is 324 g/mol. The number of aryl methyl sites for hydroxylation is 2. The van der Waals surface area contributed by atoms with Crippen molar-refractivity contribution in [1.82, 2.24) is 14.9 Å². The Hall–Kier alpha value is -2.41. The fourth-order valence-corrected chi connectivity index (χ4v) is 3.74. The summed E-state index contributed by atoms with van der Waals surface area (Å²) in [4.78, 5) is 34.7. The van der Waals surface area contributed by atoms with Crippen LogP contribution in [0, 0.1) is 13.8 Å². The molecule has 0 saturated carbocycles. The molecule has 3 rings (SSSR count). The number of thioether (sulfide) groups is 1. The Balaban J connectivity index is 1.75. The maximum Gasteiger partial charge on any atom is 0.275 e. The van der Waals surface area contributed by atoms with E-state index in [0.29, 0.717) is 11.6 Å². The molecule has 0 radical (unpaired) electrons. The average Bonchev–Trinajstić information content (AvgIpc) is 3.07. The van der Waals surface area contributed by atoms with Crippen molar-refractivity contribution >= 4 is 29.3 Å². The maximum atomic E-state index is 12.6. The Morgan fingerprint density at radius 3 is 2.83 bits per heavy atom. The first-order valence-corrected chi connectivity index (χ1v) is 8.74. The summed E-state index contributed by atoms with van der Waals surface area (Å²) in [5.74, 6) is 0.599. The number of aromatic nitrogens is 2. The molecule has 1 saturated heterocycles. The Morgan fingerprint density at radius 2 is 2.12 bits per heavy atom. The van der Waals surface area contributed by atoms with Gasteiger partial charge in [0.1, 0.15) is 11.7 Å². The third-order valence-corrected chi connectivity index (χ3v) is 4.88. The normalized spacial score (nSPS) is 16.9. The predicted octanol–water partition coefficient (Wildman–Crippen LogP) is 2.25. The number of amides is 2. The topological polar surface area (TPSA) is 75.2 Å². The van der Waals surface area contributed by atoms with Gasteiger partial charge in [0, 0.05) is 23.8 Å². The van der Waals surface area contributed by atoms with Crippen LogP contribution in [0.15, 0.2) is 36.8 Å². The highest BCUT2D eigenvalue weighted by Gasteiger charge is 2.35. The number of hydrogen-bond acceptors (Lipinski definition) is 5. The van der Waals surface area contributed by atoms with Gasteiger partial charge < -0.3 is 10.2 Å². The van der Waals surface area contributed by atoms with Gasteiger partial charge in [-0.2, -0.15) is 0 Å². The van der Waals surface area contributed by atoms with Crippen molar-refractivity contribution in [2.24, 2.45) is 0 Å². The molecule has 1 fully saturated rings. The fraction of sp³-hybridized carbons (Fsp3) is 0.294.